The van der Waals surface area contributed by atoms with E-state index in [-0.39, 0.29) is 18.7 Å². The van der Waals surface area contributed by atoms with E-state index in [0.717, 1.165) is 12.1 Å². The van der Waals surface area contributed by atoms with Crippen molar-refractivity contribution in [3.63, 3.8) is 0 Å². The Kier molecular flexibility index (Phi) is 7.32. The Morgan fingerprint density at radius 2 is 1.67 bits per heavy atom. The summed E-state index contributed by atoms with van der Waals surface area (Å²) >= 11 is 0. The molecule has 3 aromatic rings. The highest BCUT2D eigenvalue weighted by Crippen LogP contribution is 2.31. The first-order valence-corrected chi connectivity index (χ1v) is 9.82. The van der Waals surface area contributed by atoms with Crippen LogP contribution in [0, 0.1) is 5.82 Å². The Labute approximate surface area is 187 Å². The number of benzene rings is 3. The number of ether oxygens (including phenoxy) is 1. The molecule has 0 atom stereocenters. The Hall–Kier alpha value is -3.88. The third-order valence-electron chi connectivity index (χ3n) is 4.78. The second kappa shape index (κ2) is 10.2. The van der Waals surface area contributed by atoms with E-state index in [1.807, 2.05) is 0 Å². The van der Waals surface area contributed by atoms with Gasteiger partial charge in [0.15, 0.2) is 0 Å². The number of rotatable bonds is 7. The molecule has 0 fully saturated rings. The molecule has 0 aromatic heterocycles. The molecule has 0 unspecified atom stereocenters. The van der Waals surface area contributed by atoms with Crippen molar-refractivity contribution in [1.29, 1.82) is 0 Å². The zero-order valence-corrected chi connectivity index (χ0v) is 17.5. The Balaban J connectivity index is 1.57. The molecule has 172 valence electrons. The molecule has 0 aliphatic heterocycles. The van der Waals surface area contributed by atoms with Crippen molar-refractivity contribution < 1.29 is 31.9 Å². The number of amides is 2. The van der Waals surface area contributed by atoms with Crippen molar-refractivity contribution in [3.05, 3.63) is 89.2 Å². The molecule has 0 saturated carbocycles. The fourth-order valence-electron chi connectivity index (χ4n) is 3.07. The van der Waals surface area contributed by atoms with Crippen LogP contribution < -0.4 is 15.4 Å². The van der Waals surface area contributed by atoms with Gasteiger partial charge in [-0.3, -0.25) is 9.59 Å². The molecule has 3 aromatic carbocycles. The fourth-order valence-corrected chi connectivity index (χ4v) is 3.07. The largest absolute Gasteiger partial charge is 0.496 e. The highest BCUT2D eigenvalue weighted by molar-refractivity contribution is 5.97. The van der Waals surface area contributed by atoms with Gasteiger partial charge >= 0.3 is 6.18 Å². The molecule has 0 aliphatic carbocycles. The van der Waals surface area contributed by atoms with Crippen LogP contribution in [-0.2, 0) is 17.5 Å². The van der Waals surface area contributed by atoms with Crippen LogP contribution in [0.1, 0.15) is 21.5 Å². The monoisotopic (exact) mass is 460 g/mol. The maximum Gasteiger partial charge on any atom is 0.416 e. The van der Waals surface area contributed by atoms with Crippen LogP contribution in [0.2, 0.25) is 0 Å². The summed E-state index contributed by atoms with van der Waals surface area (Å²) in [5.41, 5.74) is 1.00. The Bertz CT molecular complexity index is 1150. The summed E-state index contributed by atoms with van der Waals surface area (Å²) in [5, 5.41) is 5.01. The molecule has 2 N–H and O–H groups in total. The van der Waals surface area contributed by atoms with Gasteiger partial charge in [0.25, 0.3) is 5.91 Å². The number of hydrogen-bond donors (Lipinski definition) is 2. The summed E-state index contributed by atoms with van der Waals surface area (Å²) in [7, 11) is 1.45. The molecule has 5 nitrogen and oxygen atoms in total. The van der Waals surface area contributed by atoms with Gasteiger partial charge in [0.05, 0.1) is 19.2 Å². The zero-order chi connectivity index (χ0) is 24.0. The number of methoxy groups -OCH3 is 1. The lowest BCUT2D eigenvalue weighted by Crippen LogP contribution is -2.36. The van der Waals surface area contributed by atoms with Crippen LogP contribution in [0.3, 0.4) is 0 Å². The summed E-state index contributed by atoms with van der Waals surface area (Å²) in [4.78, 5) is 24.5. The standard InChI is InChI=1S/C24H20F4N2O3/c1-33-21-10-9-19(25)12-20(21)16-3-2-4-17(11-16)23(32)30-14-22(31)29-13-15-5-7-18(8-6-15)24(26,27)28/h2-12H,13-14H2,1H3,(H,29,31)(H,30,32). The van der Waals surface area contributed by atoms with Gasteiger partial charge in [-0.05, 0) is 53.6 Å². The molecule has 3 rings (SSSR count). The first-order chi connectivity index (χ1) is 15.7. The lowest BCUT2D eigenvalue weighted by molar-refractivity contribution is -0.137. The van der Waals surface area contributed by atoms with Gasteiger partial charge in [-0.15, -0.1) is 0 Å². The van der Waals surface area contributed by atoms with E-state index < -0.39 is 29.4 Å². The van der Waals surface area contributed by atoms with E-state index >= 15 is 0 Å². The molecular weight excluding hydrogens is 440 g/mol. The number of halogens is 4. The van der Waals surface area contributed by atoms with Gasteiger partial charge in [0, 0.05) is 17.7 Å². The number of carbonyl (C=O) groups excluding carboxylic acids is 2. The van der Waals surface area contributed by atoms with Crippen molar-refractivity contribution in [2.45, 2.75) is 12.7 Å². The zero-order valence-electron chi connectivity index (χ0n) is 17.5. The Morgan fingerprint density at radius 1 is 0.939 bits per heavy atom. The number of alkyl halides is 3. The molecule has 2 amide bonds. The molecule has 0 spiro atoms. The van der Waals surface area contributed by atoms with Crippen LogP contribution in [0.5, 0.6) is 5.75 Å². The van der Waals surface area contributed by atoms with Gasteiger partial charge in [0.1, 0.15) is 11.6 Å². The molecule has 9 heteroatoms. The third kappa shape index (κ3) is 6.31. The fraction of sp³-hybridized carbons (Fsp3) is 0.167. The van der Waals surface area contributed by atoms with Gasteiger partial charge in [0.2, 0.25) is 5.91 Å². The van der Waals surface area contributed by atoms with E-state index in [0.29, 0.717) is 22.4 Å². The predicted octanol–water partition coefficient (Wildman–Crippen LogP) is 4.57. The quantitative estimate of drug-likeness (QED) is 0.508. The maximum atomic E-state index is 13.7. The first kappa shape index (κ1) is 23.8. The second-order valence-electron chi connectivity index (χ2n) is 7.08. The van der Waals surface area contributed by atoms with E-state index in [4.69, 9.17) is 4.74 Å². The van der Waals surface area contributed by atoms with Gasteiger partial charge < -0.3 is 15.4 Å². The van der Waals surface area contributed by atoms with Crippen LogP contribution in [0.15, 0.2) is 66.7 Å². The van der Waals surface area contributed by atoms with Gasteiger partial charge in [-0.1, -0.05) is 24.3 Å². The maximum absolute atomic E-state index is 13.7. The van der Waals surface area contributed by atoms with Crippen molar-refractivity contribution in [1.82, 2.24) is 10.6 Å². The van der Waals surface area contributed by atoms with Gasteiger partial charge in [-0.2, -0.15) is 13.2 Å². The van der Waals surface area contributed by atoms with Crippen LogP contribution in [0.25, 0.3) is 11.1 Å². The summed E-state index contributed by atoms with van der Waals surface area (Å²) in [6.45, 7) is -0.311. The summed E-state index contributed by atoms with van der Waals surface area (Å²) < 4.78 is 56.7. The molecule has 0 bridgehead atoms. The van der Waals surface area contributed by atoms with E-state index in [1.165, 1.54) is 37.4 Å². The minimum Gasteiger partial charge on any atom is -0.496 e. The Morgan fingerprint density at radius 3 is 2.33 bits per heavy atom. The highest BCUT2D eigenvalue weighted by atomic mass is 19.4. The molecular formula is C24H20F4N2O3. The average Bonchev–Trinajstić information content (AvgIpc) is 2.81. The topological polar surface area (TPSA) is 67.4 Å². The predicted molar refractivity (Wildman–Crippen MR) is 114 cm³/mol. The van der Waals surface area contributed by atoms with Crippen LogP contribution >= 0.6 is 0 Å². The summed E-state index contributed by atoms with van der Waals surface area (Å²) in [6.07, 6.45) is -4.43. The first-order valence-electron chi connectivity index (χ1n) is 9.82. The molecule has 33 heavy (non-hydrogen) atoms. The van der Waals surface area contributed by atoms with Crippen molar-refractivity contribution in [2.24, 2.45) is 0 Å². The lowest BCUT2D eigenvalue weighted by Gasteiger charge is -2.11. The van der Waals surface area contributed by atoms with E-state index in [9.17, 15) is 27.2 Å². The number of carbonyl (C=O) groups is 2. The minimum atomic E-state index is -4.43. The normalized spacial score (nSPS) is 11.1. The lowest BCUT2D eigenvalue weighted by atomic mass is 10.0. The van der Waals surface area contributed by atoms with Crippen LogP contribution in [-0.4, -0.2) is 25.5 Å². The van der Waals surface area contributed by atoms with Crippen molar-refractivity contribution in [2.75, 3.05) is 13.7 Å². The van der Waals surface area contributed by atoms with E-state index in [2.05, 4.69) is 10.6 Å². The minimum absolute atomic E-state index is 0.0156. The summed E-state index contributed by atoms with van der Waals surface area (Å²) in [5.74, 6) is -1.04. The van der Waals surface area contributed by atoms with Crippen molar-refractivity contribution >= 4 is 11.8 Å². The highest BCUT2D eigenvalue weighted by Gasteiger charge is 2.29. The SMILES string of the molecule is COc1ccc(F)cc1-c1cccc(C(=O)NCC(=O)NCc2ccc(C(F)(F)F)cc2)c1. The van der Waals surface area contributed by atoms with Gasteiger partial charge in [-0.25, -0.2) is 4.39 Å². The molecule has 0 aliphatic rings. The smallest absolute Gasteiger partial charge is 0.416 e. The molecule has 0 radical (unpaired) electrons. The van der Waals surface area contributed by atoms with E-state index in [1.54, 1.807) is 24.3 Å². The van der Waals surface area contributed by atoms with Crippen molar-refractivity contribution in [3.8, 4) is 16.9 Å². The third-order valence-corrected chi connectivity index (χ3v) is 4.78. The van der Waals surface area contributed by atoms with Crippen LogP contribution in [0.4, 0.5) is 17.6 Å². The number of hydrogen-bond acceptors (Lipinski definition) is 3. The molecule has 0 saturated heterocycles. The average molecular weight is 460 g/mol. The summed E-state index contributed by atoms with van der Waals surface area (Å²) in [6, 6.07) is 14.9. The molecule has 0 heterocycles. The second-order valence-corrected chi connectivity index (χ2v) is 7.08. The number of nitrogens with one attached hydrogen (secondary N) is 2.